The number of aromatic nitrogens is 1. The van der Waals surface area contributed by atoms with Crippen LogP contribution in [-0.4, -0.2) is 16.1 Å². The van der Waals surface area contributed by atoms with E-state index in [1.54, 1.807) is 0 Å². The Bertz CT molecular complexity index is 343. The minimum atomic E-state index is 0.368. The molecule has 1 unspecified atom stereocenters. The second kappa shape index (κ2) is 2.26. The van der Waals surface area contributed by atoms with E-state index in [0.29, 0.717) is 11.9 Å². The molecule has 1 fully saturated rings. The molecule has 1 aromatic rings. The summed E-state index contributed by atoms with van der Waals surface area (Å²) in [5.74, 6) is 1.55. The minimum absolute atomic E-state index is 0.368. The van der Waals surface area contributed by atoms with Crippen LogP contribution >= 0.6 is 0 Å². The van der Waals surface area contributed by atoms with Gasteiger partial charge in [-0.05, 0) is 19.8 Å². The molecule has 3 rings (SSSR count). The Morgan fingerprint density at radius 1 is 1.54 bits per heavy atom. The Labute approximate surface area is 76.7 Å². The third-order valence-corrected chi connectivity index (χ3v) is 3.08. The van der Waals surface area contributed by atoms with Gasteiger partial charge in [-0.25, -0.2) is 0 Å². The van der Waals surface area contributed by atoms with E-state index in [-0.39, 0.29) is 0 Å². The van der Waals surface area contributed by atoms with Crippen LogP contribution in [0.2, 0.25) is 0 Å². The molecule has 0 spiro atoms. The lowest BCUT2D eigenvalue weighted by Crippen LogP contribution is -2.22. The molecule has 0 radical (unpaired) electrons. The van der Waals surface area contributed by atoms with E-state index in [9.17, 15) is 0 Å². The summed E-state index contributed by atoms with van der Waals surface area (Å²) in [5, 5.41) is 3.78. The van der Waals surface area contributed by atoms with Crippen molar-refractivity contribution >= 4 is 5.82 Å². The van der Waals surface area contributed by atoms with Crippen molar-refractivity contribution in [2.24, 2.45) is 0 Å². The highest BCUT2D eigenvalue weighted by Crippen LogP contribution is 2.43. The zero-order valence-electron chi connectivity index (χ0n) is 7.66. The quantitative estimate of drug-likeness (QED) is 0.706. The van der Waals surface area contributed by atoms with Gasteiger partial charge in [-0.2, -0.15) is 0 Å². The van der Waals surface area contributed by atoms with E-state index < -0.39 is 0 Å². The Morgan fingerprint density at radius 3 is 2.92 bits per heavy atom. The number of nitrogens with two attached hydrogens (primary N) is 1. The molecule has 13 heavy (non-hydrogen) atoms. The third kappa shape index (κ3) is 0.920. The van der Waals surface area contributed by atoms with E-state index in [4.69, 9.17) is 10.3 Å². The first kappa shape index (κ1) is 7.38. The van der Waals surface area contributed by atoms with Crippen LogP contribution in [0.3, 0.4) is 0 Å². The number of hydrogen-bond acceptors (Lipinski definition) is 4. The Balaban J connectivity index is 1.96. The molecule has 1 aliphatic carbocycles. The van der Waals surface area contributed by atoms with Crippen LogP contribution in [0.1, 0.15) is 37.1 Å². The minimum Gasteiger partial charge on any atom is -0.381 e. The van der Waals surface area contributed by atoms with Crippen molar-refractivity contribution in [3.8, 4) is 0 Å². The van der Waals surface area contributed by atoms with E-state index in [1.807, 2.05) is 0 Å². The average molecular weight is 179 g/mol. The largest absolute Gasteiger partial charge is 0.381 e. The lowest BCUT2D eigenvalue weighted by Gasteiger charge is -2.19. The summed E-state index contributed by atoms with van der Waals surface area (Å²) in [6.45, 7) is 3.09. The smallest absolute Gasteiger partial charge is 0.171 e. The van der Waals surface area contributed by atoms with Gasteiger partial charge in [0, 0.05) is 12.6 Å². The van der Waals surface area contributed by atoms with Crippen molar-refractivity contribution in [1.29, 1.82) is 0 Å². The summed E-state index contributed by atoms with van der Waals surface area (Å²) in [5.41, 5.74) is 6.82. The molecule has 1 atom stereocenters. The van der Waals surface area contributed by atoms with Gasteiger partial charge in [-0.15, -0.1) is 0 Å². The zero-order chi connectivity index (χ0) is 9.00. The van der Waals surface area contributed by atoms with Crippen LogP contribution in [-0.2, 0) is 6.54 Å². The van der Waals surface area contributed by atoms with Crippen LogP contribution in [0.4, 0.5) is 5.82 Å². The number of hydrogen-bond donors (Lipinski definition) is 1. The molecule has 1 aliphatic heterocycles. The lowest BCUT2D eigenvalue weighted by molar-refractivity contribution is 0.191. The van der Waals surface area contributed by atoms with Crippen molar-refractivity contribution < 1.29 is 4.52 Å². The number of rotatable bonds is 1. The number of anilines is 1. The van der Waals surface area contributed by atoms with E-state index in [2.05, 4.69) is 17.0 Å². The monoisotopic (exact) mass is 179 g/mol. The highest BCUT2D eigenvalue weighted by molar-refractivity contribution is 5.44. The standard InChI is InChI=1S/C9H13N3O/c1-5-8-7(9(10)11-13-8)4-12(5)6-2-3-6/h5-6H,2-4H2,1H3,(H2,10,11). The predicted octanol–water partition coefficient (Wildman–Crippen LogP) is 1.30. The van der Waals surface area contributed by atoms with Gasteiger partial charge in [-0.1, -0.05) is 5.16 Å². The normalized spacial score (nSPS) is 27.9. The molecule has 1 saturated carbocycles. The molecule has 2 heterocycles. The molecule has 4 heteroatoms. The SMILES string of the molecule is CC1c2onc(N)c2CN1C1CC1. The Morgan fingerprint density at radius 2 is 2.31 bits per heavy atom. The van der Waals surface area contributed by atoms with Crippen LogP contribution in [0.25, 0.3) is 0 Å². The van der Waals surface area contributed by atoms with Crippen molar-refractivity contribution in [2.45, 2.75) is 38.4 Å². The van der Waals surface area contributed by atoms with Crippen molar-refractivity contribution in [1.82, 2.24) is 10.1 Å². The van der Waals surface area contributed by atoms with Gasteiger partial charge < -0.3 is 10.3 Å². The predicted molar refractivity (Wildman–Crippen MR) is 47.9 cm³/mol. The van der Waals surface area contributed by atoms with E-state index in [0.717, 1.165) is 23.9 Å². The maximum atomic E-state index is 5.71. The van der Waals surface area contributed by atoms with Crippen LogP contribution in [0.5, 0.6) is 0 Å². The number of nitrogen functional groups attached to an aromatic ring is 1. The van der Waals surface area contributed by atoms with Crippen LogP contribution < -0.4 is 5.73 Å². The van der Waals surface area contributed by atoms with Gasteiger partial charge in [0.05, 0.1) is 11.6 Å². The van der Waals surface area contributed by atoms with Crippen LogP contribution in [0, 0.1) is 0 Å². The number of fused-ring (bicyclic) bond motifs is 1. The molecular weight excluding hydrogens is 166 g/mol. The maximum Gasteiger partial charge on any atom is 0.171 e. The lowest BCUT2D eigenvalue weighted by atomic mass is 10.2. The first-order valence-corrected chi connectivity index (χ1v) is 4.77. The molecule has 2 aliphatic rings. The summed E-state index contributed by atoms with van der Waals surface area (Å²) < 4.78 is 5.21. The summed E-state index contributed by atoms with van der Waals surface area (Å²) >= 11 is 0. The molecule has 2 N–H and O–H groups in total. The first-order chi connectivity index (χ1) is 6.27. The maximum absolute atomic E-state index is 5.71. The molecule has 1 aromatic heterocycles. The summed E-state index contributed by atoms with van der Waals surface area (Å²) in [4.78, 5) is 2.45. The van der Waals surface area contributed by atoms with E-state index >= 15 is 0 Å². The molecule has 70 valence electrons. The van der Waals surface area contributed by atoms with Crippen molar-refractivity contribution in [3.05, 3.63) is 11.3 Å². The topological polar surface area (TPSA) is 55.3 Å². The highest BCUT2D eigenvalue weighted by atomic mass is 16.5. The summed E-state index contributed by atoms with van der Waals surface area (Å²) in [6.07, 6.45) is 2.64. The third-order valence-electron chi connectivity index (χ3n) is 3.08. The zero-order valence-corrected chi connectivity index (χ0v) is 7.66. The van der Waals surface area contributed by atoms with Crippen molar-refractivity contribution in [3.63, 3.8) is 0 Å². The van der Waals surface area contributed by atoms with Crippen molar-refractivity contribution in [2.75, 3.05) is 5.73 Å². The molecule has 4 nitrogen and oxygen atoms in total. The molecule has 0 bridgehead atoms. The van der Waals surface area contributed by atoms with E-state index in [1.165, 1.54) is 12.8 Å². The Kier molecular flexibility index (Phi) is 1.28. The van der Waals surface area contributed by atoms with Gasteiger partial charge in [0.1, 0.15) is 0 Å². The summed E-state index contributed by atoms with van der Waals surface area (Å²) in [6, 6.07) is 1.13. The fourth-order valence-electron chi connectivity index (χ4n) is 2.14. The van der Waals surface area contributed by atoms with Crippen LogP contribution in [0.15, 0.2) is 4.52 Å². The van der Waals surface area contributed by atoms with Gasteiger partial charge in [0.25, 0.3) is 0 Å². The first-order valence-electron chi connectivity index (χ1n) is 4.77. The second-order valence-electron chi connectivity index (χ2n) is 3.99. The Hall–Kier alpha value is -1.03. The van der Waals surface area contributed by atoms with Gasteiger partial charge in [0.2, 0.25) is 0 Å². The molecule has 0 saturated heterocycles. The van der Waals surface area contributed by atoms with Gasteiger partial charge in [-0.3, -0.25) is 4.90 Å². The average Bonchev–Trinajstić information content (AvgIpc) is 2.81. The number of nitrogens with zero attached hydrogens (tertiary/aromatic N) is 2. The fourth-order valence-corrected chi connectivity index (χ4v) is 2.14. The summed E-state index contributed by atoms with van der Waals surface area (Å²) in [7, 11) is 0. The molecular formula is C9H13N3O. The highest BCUT2D eigenvalue weighted by Gasteiger charge is 2.41. The second-order valence-corrected chi connectivity index (χ2v) is 3.99. The molecule has 0 aromatic carbocycles. The van der Waals surface area contributed by atoms with Gasteiger partial charge in [0.15, 0.2) is 11.6 Å². The fraction of sp³-hybridized carbons (Fsp3) is 0.667. The van der Waals surface area contributed by atoms with Gasteiger partial charge >= 0.3 is 0 Å². The molecule has 0 amide bonds.